The van der Waals surface area contributed by atoms with Crippen LogP contribution in [0.1, 0.15) is 5.89 Å². The maximum absolute atomic E-state index is 5.89. The van der Waals surface area contributed by atoms with Crippen molar-refractivity contribution in [2.75, 3.05) is 5.73 Å². The second-order valence-electron chi connectivity index (χ2n) is 4.05. The molecule has 0 saturated heterocycles. The zero-order valence-corrected chi connectivity index (χ0v) is 10.7. The van der Waals surface area contributed by atoms with Crippen molar-refractivity contribution in [3.8, 4) is 5.75 Å². The van der Waals surface area contributed by atoms with E-state index >= 15 is 0 Å². The van der Waals surface area contributed by atoms with Crippen LogP contribution in [-0.2, 0) is 6.61 Å². The van der Waals surface area contributed by atoms with E-state index in [-0.39, 0.29) is 6.61 Å². The summed E-state index contributed by atoms with van der Waals surface area (Å²) in [5.74, 6) is 1.10. The Hall–Kier alpha value is -2.20. The van der Waals surface area contributed by atoms with Gasteiger partial charge < -0.3 is 14.9 Å². The van der Waals surface area contributed by atoms with Crippen LogP contribution in [0.5, 0.6) is 5.75 Å². The van der Waals surface area contributed by atoms with Gasteiger partial charge in [0.1, 0.15) is 11.3 Å². The van der Waals surface area contributed by atoms with E-state index in [1.165, 1.54) is 0 Å². The van der Waals surface area contributed by atoms with Crippen molar-refractivity contribution < 1.29 is 9.15 Å². The molecule has 0 aliphatic rings. The van der Waals surface area contributed by atoms with E-state index in [4.69, 9.17) is 26.5 Å². The summed E-state index contributed by atoms with van der Waals surface area (Å²) in [5, 5.41) is 0.614. The Kier molecular flexibility index (Phi) is 3.01. The highest BCUT2D eigenvalue weighted by molar-refractivity contribution is 6.31. The van der Waals surface area contributed by atoms with Gasteiger partial charge in [0.15, 0.2) is 12.2 Å². The minimum atomic E-state index is 0.223. The molecule has 0 saturated carbocycles. The topological polar surface area (TPSA) is 61.3 Å². The molecule has 19 heavy (non-hydrogen) atoms. The Morgan fingerprint density at radius 3 is 2.89 bits per heavy atom. The van der Waals surface area contributed by atoms with E-state index in [1.807, 2.05) is 18.2 Å². The summed E-state index contributed by atoms with van der Waals surface area (Å²) < 4.78 is 11.1. The molecule has 1 aromatic heterocycles. The van der Waals surface area contributed by atoms with Gasteiger partial charge in [-0.1, -0.05) is 23.7 Å². The number of aromatic nitrogens is 1. The molecule has 0 radical (unpaired) electrons. The second-order valence-corrected chi connectivity index (χ2v) is 4.48. The first-order chi connectivity index (χ1) is 9.22. The summed E-state index contributed by atoms with van der Waals surface area (Å²) >= 11 is 5.89. The van der Waals surface area contributed by atoms with Gasteiger partial charge in [0.05, 0.1) is 5.69 Å². The molecule has 5 heteroatoms. The second kappa shape index (κ2) is 4.82. The molecule has 0 fully saturated rings. The minimum Gasteiger partial charge on any atom is -0.482 e. The number of rotatable bonds is 3. The van der Waals surface area contributed by atoms with Crippen LogP contribution in [0.4, 0.5) is 5.69 Å². The highest BCUT2D eigenvalue weighted by Gasteiger charge is 2.07. The van der Waals surface area contributed by atoms with Crippen LogP contribution in [0.3, 0.4) is 0 Å². The number of benzene rings is 2. The van der Waals surface area contributed by atoms with Crippen molar-refractivity contribution in [3.05, 3.63) is 53.4 Å². The fourth-order valence-electron chi connectivity index (χ4n) is 1.76. The summed E-state index contributed by atoms with van der Waals surface area (Å²) in [6, 6.07) is 12.6. The average Bonchev–Trinajstić information content (AvgIpc) is 2.79. The lowest BCUT2D eigenvalue weighted by Crippen LogP contribution is -1.98. The fourth-order valence-corrected chi connectivity index (χ4v) is 1.92. The number of nitrogen functional groups attached to an aromatic ring is 1. The summed E-state index contributed by atoms with van der Waals surface area (Å²) in [5.41, 5.74) is 7.77. The van der Waals surface area contributed by atoms with E-state index in [9.17, 15) is 0 Å². The first kappa shape index (κ1) is 11.9. The van der Waals surface area contributed by atoms with Crippen molar-refractivity contribution >= 4 is 28.4 Å². The standard InChI is InChI=1S/C14H11ClN2O2/c15-9-5-6-11-13(7-9)19-14(17-11)8-18-12-4-2-1-3-10(12)16/h1-7H,8,16H2. The largest absolute Gasteiger partial charge is 0.482 e. The maximum Gasteiger partial charge on any atom is 0.233 e. The molecule has 4 nitrogen and oxygen atoms in total. The van der Waals surface area contributed by atoms with Gasteiger partial charge in [-0.25, -0.2) is 4.98 Å². The number of para-hydroxylation sites is 2. The summed E-state index contributed by atoms with van der Waals surface area (Å²) in [7, 11) is 0. The van der Waals surface area contributed by atoms with Crippen LogP contribution < -0.4 is 10.5 Å². The third-order valence-corrected chi connectivity index (χ3v) is 2.90. The van der Waals surface area contributed by atoms with Crippen LogP contribution >= 0.6 is 11.6 Å². The highest BCUT2D eigenvalue weighted by atomic mass is 35.5. The first-order valence-electron chi connectivity index (χ1n) is 5.74. The molecule has 96 valence electrons. The van der Waals surface area contributed by atoms with Gasteiger partial charge >= 0.3 is 0 Å². The van der Waals surface area contributed by atoms with Crippen LogP contribution in [0.2, 0.25) is 5.02 Å². The van der Waals surface area contributed by atoms with Gasteiger partial charge in [0.2, 0.25) is 5.89 Å². The number of halogens is 1. The molecule has 3 aromatic rings. The zero-order valence-electron chi connectivity index (χ0n) is 9.97. The van der Waals surface area contributed by atoms with Crippen molar-refractivity contribution in [3.63, 3.8) is 0 Å². The number of oxazole rings is 1. The zero-order chi connectivity index (χ0) is 13.2. The quantitative estimate of drug-likeness (QED) is 0.741. The minimum absolute atomic E-state index is 0.223. The van der Waals surface area contributed by atoms with Crippen molar-refractivity contribution in [2.45, 2.75) is 6.61 Å². The molecule has 0 aliphatic carbocycles. The predicted molar refractivity (Wildman–Crippen MR) is 74.2 cm³/mol. The number of hydrogen-bond donors (Lipinski definition) is 1. The van der Waals surface area contributed by atoms with Crippen LogP contribution in [0.25, 0.3) is 11.1 Å². The Morgan fingerprint density at radius 1 is 1.21 bits per heavy atom. The number of hydrogen-bond acceptors (Lipinski definition) is 4. The van der Waals surface area contributed by atoms with E-state index in [2.05, 4.69) is 4.98 Å². The van der Waals surface area contributed by atoms with E-state index in [1.54, 1.807) is 24.3 Å². The molecular weight excluding hydrogens is 264 g/mol. The van der Waals surface area contributed by atoms with Gasteiger partial charge in [0.25, 0.3) is 0 Å². The van der Waals surface area contributed by atoms with Crippen LogP contribution in [0.15, 0.2) is 46.9 Å². The monoisotopic (exact) mass is 274 g/mol. The van der Waals surface area contributed by atoms with Crippen molar-refractivity contribution in [1.29, 1.82) is 0 Å². The third-order valence-electron chi connectivity index (χ3n) is 2.66. The summed E-state index contributed by atoms with van der Waals surface area (Å²) in [6.45, 7) is 0.223. The molecule has 3 rings (SSSR count). The predicted octanol–water partition coefficient (Wildman–Crippen LogP) is 3.64. The normalized spacial score (nSPS) is 10.8. The molecular formula is C14H11ClN2O2. The lowest BCUT2D eigenvalue weighted by atomic mass is 10.3. The molecule has 2 aromatic carbocycles. The van der Waals surface area contributed by atoms with Gasteiger partial charge in [-0.05, 0) is 24.3 Å². The number of ether oxygens (including phenoxy) is 1. The Balaban J connectivity index is 1.80. The number of fused-ring (bicyclic) bond motifs is 1. The molecule has 2 N–H and O–H groups in total. The van der Waals surface area contributed by atoms with E-state index < -0.39 is 0 Å². The number of nitrogens with zero attached hydrogens (tertiary/aromatic N) is 1. The lowest BCUT2D eigenvalue weighted by Gasteiger charge is -2.05. The Bertz CT molecular complexity index is 724. The number of nitrogens with two attached hydrogens (primary N) is 1. The van der Waals surface area contributed by atoms with Gasteiger partial charge in [0, 0.05) is 11.1 Å². The number of anilines is 1. The average molecular weight is 275 g/mol. The molecule has 0 spiro atoms. The fraction of sp³-hybridized carbons (Fsp3) is 0.0714. The van der Waals surface area contributed by atoms with Gasteiger partial charge in [-0.2, -0.15) is 0 Å². The van der Waals surface area contributed by atoms with E-state index in [0.717, 1.165) is 5.52 Å². The van der Waals surface area contributed by atoms with Crippen LogP contribution in [-0.4, -0.2) is 4.98 Å². The molecule has 0 amide bonds. The maximum atomic E-state index is 5.89. The van der Waals surface area contributed by atoms with E-state index in [0.29, 0.717) is 27.9 Å². The summed E-state index contributed by atoms with van der Waals surface area (Å²) in [4.78, 5) is 4.31. The lowest BCUT2D eigenvalue weighted by molar-refractivity contribution is 0.268. The Morgan fingerprint density at radius 2 is 2.05 bits per heavy atom. The SMILES string of the molecule is Nc1ccccc1OCc1nc2ccc(Cl)cc2o1. The first-order valence-corrected chi connectivity index (χ1v) is 6.12. The van der Waals surface area contributed by atoms with Crippen molar-refractivity contribution in [2.24, 2.45) is 0 Å². The Labute approximate surface area is 114 Å². The molecule has 0 unspecified atom stereocenters. The molecule has 0 atom stereocenters. The van der Waals surface area contributed by atoms with Crippen molar-refractivity contribution in [1.82, 2.24) is 4.98 Å². The van der Waals surface area contributed by atoms with Gasteiger partial charge in [-0.15, -0.1) is 0 Å². The molecule has 0 bridgehead atoms. The summed E-state index contributed by atoms with van der Waals surface area (Å²) in [6.07, 6.45) is 0. The van der Waals surface area contributed by atoms with Crippen LogP contribution in [0, 0.1) is 0 Å². The molecule has 1 heterocycles. The molecule has 0 aliphatic heterocycles. The smallest absolute Gasteiger partial charge is 0.233 e. The third kappa shape index (κ3) is 2.48. The highest BCUT2D eigenvalue weighted by Crippen LogP contribution is 2.23. The van der Waals surface area contributed by atoms with Gasteiger partial charge in [-0.3, -0.25) is 0 Å².